The van der Waals surface area contributed by atoms with Crippen LogP contribution < -0.4 is 0 Å². The minimum absolute atomic E-state index is 0.293. The van der Waals surface area contributed by atoms with E-state index in [2.05, 4.69) is 10.1 Å². The van der Waals surface area contributed by atoms with Gasteiger partial charge in [-0.2, -0.15) is 5.10 Å². The second-order valence-electron chi connectivity index (χ2n) is 5.55. The fraction of sp³-hybridized carbons (Fsp3) is 0.462. The number of nitrogens with zero attached hydrogens (tertiary/aromatic N) is 3. The molecule has 0 amide bonds. The molecule has 0 saturated carbocycles. The predicted octanol–water partition coefficient (Wildman–Crippen LogP) is 2.85. The fourth-order valence-electron chi connectivity index (χ4n) is 1.90. The van der Waals surface area contributed by atoms with E-state index in [0.717, 1.165) is 11.3 Å². The maximum Gasteiger partial charge on any atom is 0.347 e. The molecule has 0 bridgehead atoms. The van der Waals surface area contributed by atoms with Gasteiger partial charge in [0.25, 0.3) is 0 Å². The lowest BCUT2D eigenvalue weighted by Crippen LogP contribution is -2.16. The predicted molar refractivity (Wildman–Crippen MR) is 74.7 cm³/mol. The Kier molecular flexibility index (Phi) is 3.22. The quantitative estimate of drug-likeness (QED) is 0.917. The van der Waals surface area contributed by atoms with Crippen LogP contribution >= 0.6 is 11.3 Å². The lowest BCUT2D eigenvalue weighted by molar-refractivity contribution is 0.0699. The van der Waals surface area contributed by atoms with Crippen LogP contribution in [0.2, 0.25) is 0 Å². The smallest absolute Gasteiger partial charge is 0.347 e. The van der Waals surface area contributed by atoms with Crippen LogP contribution in [-0.4, -0.2) is 25.8 Å². The second-order valence-corrected chi connectivity index (χ2v) is 6.55. The van der Waals surface area contributed by atoms with Crippen LogP contribution in [0.5, 0.6) is 0 Å². The number of hydrogen-bond acceptors (Lipinski definition) is 4. The number of carboxylic acid groups (broad SMARTS) is 1. The Morgan fingerprint density at radius 3 is 2.42 bits per heavy atom. The zero-order valence-corrected chi connectivity index (χ0v) is 12.5. The van der Waals surface area contributed by atoms with Crippen LogP contribution in [0.1, 0.15) is 41.8 Å². The average molecular weight is 279 g/mol. The van der Waals surface area contributed by atoms with Crippen LogP contribution in [0, 0.1) is 6.92 Å². The number of aromatic nitrogens is 3. The second kappa shape index (κ2) is 4.45. The van der Waals surface area contributed by atoms with E-state index >= 15 is 0 Å². The van der Waals surface area contributed by atoms with Gasteiger partial charge in [-0.1, -0.05) is 20.8 Å². The third-order valence-corrected chi connectivity index (χ3v) is 3.85. The van der Waals surface area contributed by atoms with Gasteiger partial charge in [0.1, 0.15) is 9.88 Å². The summed E-state index contributed by atoms with van der Waals surface area (Å²) in [5, 5.41) is 14.3. The Hall–Kier alpha value is -1.69. The molecular formula is C13H17N3O2S. The highest BCUT2D eigenvalue weighted by Gasteiger charge is 2.28. The maximum absolute atomic E-state index is 11.4. The van der Waals surface area contributed by atoms with E-state index in [1.807, 2.05) is 40.9 Å². The van der Waals surface area contributed by atoms with E-state index in [1.54, 1.807) is 4.68 Å². The van der Waals surface area contributed by atoms with Gasteiger partial charge in [0, 0.05) is 18.7 Å². The van der Waals surface area contributed by atoms with Crippen molar-refractivity contribution in [2.45, 2.75) is 33.1 Å². The summed E-state index contributed by atoms with van der Waals surface area (Å²) < 4.78 is 1.71. The number of thiazole rings is 1. The average Bonchev–Trinajstić information content (AvgIpc) is 2.80. The molecule has 2 aromatic heterocycles. The molecule has 0 atom stereocenters. The molecule has 0 aromatic carbocycles. The molecule has 2 heterocycles. The monoisotopic (exact) mass is 279 g/mol. The highest BCUT2D eigenvalue weighted by atomic mass is 32.1. The minimum Gasteiger partial charge on any atom is -0.477 e. The first-order valence-electron chi connectivity index (χ1n) is 5.95. The van der Waals surface area contributed by atoms with Gasteiger partial charge in [-0.25, -0.2) is 9.78 Å². The molecule has 102 valence electrons. The third kappa shape index (κ3) is 2.53. The van der Waals surface area contributed by atoms with Crippen LogP contribution in [0.25, 0.3) is 10.6 Å². The molecule has 0 aliphatic heterocycles. The summed E-state index contributed by atoms with van der Waals surface area (Å²) in [6.45, 7) is 7.80. The van der Waals surface area contributed by atoms with Crippen molar-refractivity contribution >= 4 is 17.3 Å². The highest BCUT2D eigenvalue weighted by molar-refractivity contribution is 7.17. The fourth-order valence-corrected chi connectivity index (χ4v) is 3.07. The largest absolute Gasteiger partial charge is 0.477 e. The molecule has 5 nitrogen and oxygen atoms in total. The number of rotatable bonds is 2. The SMILES string of the molecule is Cc1nn(C)cc1-c1nc(C(C)(C)C)c(C(=O)O)s1. The van der Waals surface area contributed by atoms with Gasteiger partial charge in [0.15, 0.2) is 0 Å². The lowest BCUT2D eigenvalue weighted by Gasteiger charge is -2.15. The first-order chi connectivity index (χ1) is 8.70. The highest BCUT2D eigenvalue weighted by Crippen LogP contribution is 2.35. The molecule has 6 heteroatoms. The zero-order chi connectivity index (χ0) is 14.4. The van der Waals surface area contributed by atoms with Gasteiger partial charge >= 0.3 is 5.97 Å². The van der Waals surface area contributed by atoms with Crippen molar-refractivity contribution < 1.29 is 9.90 Å². The molecular weight excluding hydrogens is 262 g/mol. The Morgan fingerprint density at radius 1 is 1.42 bits per heavy atom. The summed E-state index contributed by atoms with van der Waals surface area (Å²) >= 11 is 1.21. The molecule has 0 fully saturated rings. The van der Waals surface area contributed by atoms with Crippen LogP contribution in [0.15, 0.2) is 6.20 Å². The van der Waals surface area contributed by atoms with E-state index in [0.29, 0.717) is 15.6 Å². The molecule has 1 N–H and O–H groups in total. The first-order valence-corrected chi connectivity index (χ1v) is 6.77. The Bertz CT molecular complexity index is 635. The number of carbonyl (C=O) groups is 1. The van der Waals surface area contributed by atoms with Crippen molar-refractivity contribution in [2.75, 3.05) is 0 Å². The van der Waals surface area contributed by atoms with Crippen molar-refractivity contribution in [3.05, 3.63) is 22.5 Å². The number of aryl methyl sites for hydroxylation is 2. The third-order valence-electron chi connectivity index (χ3n) is 2.78. The zero-order valence-electron chi connectivity index (χ0n) is 11.7. The van der Waals surface area contributed by atoms with Crippen molar-refractivity contribution in [1.82, 2.24) is 14.8 Å². The Morgan fingerprint density at radius 2 is 2.05 bits per heavy atom. The molecule has 0 saturated heterocycles. The minimum atomic E-state index is -0.921. The van der Waals surface area contributed by atoms with Crippen LogP contribution in [-0.2, 0) is 12.5 Å². The standard InChI is InChI=1S/C13H17N3O2S/c1-7-8(6-16(5)15-7)11-14-10(13(2,3)4)9(19-11)12(17)18/h6H,1-5H3,(H,17,18). The number of carboxylic acids is 1. The first kappa shape index (κ1) is 13.7. The normalized spacial score (nSPS) is 11.8. The van der Waals surface area contributed by atoms with Crippen molar-refractivity contribution in [3.63, 3.8) is 0 Å². The summed E-state index contributed by atoms with van der Waals surface area (Å²) in [5.41, 5.74) is 2.08. The topological polar surface area (TPSA) is 68.0 Å². The molecule has 2 rings (SSSR count). The maximum atomic E-state index is 11.4. The Labute approximate surface area is 115 Å². The van der Waals surface area contributed by atoms with Gasteiger partial charge < -0.3 is 5.11 Å². The molecule has 19 heavy (non-hydrogen) atoms. The van der Waals surface area contributed by atoms with Crippen molar-refractivity contribution in [1.29, 1.82) is 0 Å². The van der Waals surface area contributed by atoms with Gasteiger partial charge in [0.2, 0.25) is 0 Å². The number of hydrogen-bond donors (Lipinski definition) is 1. The molecule has 2 aromatic rings. The summed E-state index contributed by atoms with van der Waals surface area (Å²) in [5.74, 6) is -0.921. The van der Waals surface area contributed by atoms with Gasteiger partial charge in [-0.3, -0.25) is 4.68 Å². The van der Waals surface area contributed by atoms with Gasteiger partial charge in [-0.15, -0.1) is 11.3 Å². The van der Waals surface area contributed by atoms with E-state index in [4.69, 9.17) is 0 Å². The lowest BCUT2D eigenvalue weighted by atomic mass is 9.91. The Balaban J connectivity index is 2.61. The molecule has 0 spiro atoms. The van der Waals surface area contributed by atoms with Crippen LogP contribution in [0.3, 0.4) is 0 Å². The van der Waals surface area contributed by atoms with E-state index < -0.39 is 5.97 Å². The van der Waals surface area contributed by atoms with Crippen molar-refractivity contribution in [2.24, 2.45) is 7.05 Å². The van der Waals surface area contributed by atoms with E-state index in [9.17, 15) is 9.90 Å². The summed E-state index contributed by atoms with van der Waals surface area (Å²) in [6.07, 6.45) is 1.87. The van der Waals surface area contributed by atoms with Crippen LogP contribution in [0.4, 0.5) is 0 Å². The molecule has 0 aliphatic rings. The molecule has 0 unspecified atom stereocenters. The van der Waals surface area contributed by atoms with Gasteiger partial charge in [0.05, 0.1) is 17.0 Å². The number of aromatic carboxylic acids is 1. The summed E-state index contributed by atoms with van der Waals surface area (Å²) in [6, 6.07) is 0. The molecule has 0 radical (unpaired) electrons. The van der Waals surface area contributed by atoms with Gasteiger partial charge in [-0.05, 0) is 6.92 Å². The van der Waals surface area contributed by atoms with Crippen molar-refractivity contribution in [3.8, 4) is 10.6 Å². The van der Waals surface area contributed by atoms with E-state index in [1.165, 1.54) is 11.3 Å². The van der Waals surface area contributed by atoms with E-state index in [-0.39, 0.29) is 5.41 Å². The summed E-state index contributed by atoms with van der Waals surface area (Å²) in [7, 11) is 1.84. The summed E-state index contributed by atoms with van der Waals surface area (Å²) in [4.78, 5) is 16.2. The molecule has 0 aliphatic carbocycles.